The molecule has 0 aromatic heterocycles. The summed E-state index contributed by atoms with van der Waals surface area (Å²) in [5.74, 6) is 4.46. The Bertz CT molecular complexity index is 522. The third-order valence-electron chi connectivity index (χ3n) is 1.80. The Morgan fingerprint density at radius 3 is 2.53 bits per heavy atom. The molecular formula is C14H13NO2. The fourth-order valence-corrected chi connectivity index (χ4v) is 1.20. The van der Waals surface area contributed by atoms with Gasteiger partial charge >= 0.3 is 5.97 Å². The van der Waals surface area contributed by atoms with E-state index in [2.05, 4.69) is 11.8 Å². The molecule has 0 unspecified atom stereocenters. The average Bonchev–Trinajstić information content (AvgIpc) is 2.24. The summed E-state index contributed by atoms with van der Waals surface area (Å²) in [5.41, 5.74) is 0.334. The van der Waals surface area contributed by atoms with E-state index in [0.29, 0.717) is 11.1 Å². The maximum atomic E-state index is 11.9. The van der Waals surface area contributed by atoms with Gasteiger partial charge in [0, 0.05) is 11.5 Å². The molecule has 1 aromatic carbocycles. The SMILES string of the molecule is CC(C)(C)OC(=O)c1ccccc1C#CC#N. The van der Waals surface area contributed by atoms with Crippen LogP contribution in [0.2, 0.25) is 0 Å². The lowest BCUT2D eigenvalue weighted by atomic mass is 10.1. The van der Waals surface area contributed by atoms with Crippen molar-refractivity contribution in [2.45, 2.75) is 26.4 Å². The molecule has 86 valence electrons. The van der Waals surface area contributed by atoms with E-state index in [1.54, 1.807) is 51.1 Å². The van der Waals surface area contributed by atoms with Gasteiger partial charge in [0.25, 0.3) is 0 Å². The number of nitriles is 1. The van der Waals surface area contributed by atoms with Crippen LogP contribution < -0.4 is 0 Å². The number of hydrogen-bond donors (Lipinski definition) is 0. The molecule has 1 rings (SSSR count). The molecule has 0 atom stereocenters. The summed E-state index contributed by atoms with van der Waals surface area (Å²) in [6.45, 7) is 5.40. The van der Waals surface area contributed by atoms with E-state index >= 15 is 0 Å². The van der Waals surface area contributed by atoms with E-state index in [1.165, 1.54) is 0 Å². The van der Waals surface area contributed by atoms with Crippen LogP contribution in [-0.4, -0.2) is 11.6 Å². The third kappa shape index (κ3) is 4.01. The summed E-state index contributed by atoms with van der Waals surface area (Å²) in [6, 6.07) is 8.53. The topological polar surface area (TPSA) is 50.1 Å². The summed E-state index contributed by atoms with van der Waals surface area (Å²) < 4.78 is 5.25. The summed E-state index contributed by atoms with van der Waals surface area (Å²) >= 11 is 0. The molecule has 0 aliphatic carbocycles. The molecule has 0 fully saturated rings. The van der Waals surface area contributed by atoms with Gasteiger partial charge in [0.1, 0.15) is 5.60 Å². The van der Waals surface area contributed by atoms with E-state index in [9.17, 15) is 4.79 Å². The number of hydrogen-bond acceptors (Lipinski definition) is 3. The molecule has 3 heteroatoms. The minimum Gasteiger partial charge on any atom is -0.456 e. The number of benzene rings is 1. The van der Waals surface area contributed by atoms with Crippen LogP contribution in [0.4, 0.5) is 0 Å². The number of rotatable bonds is 1. The van der Waals surface area contributed by atoms with Crippen molar-refractivity contribution < 1.29 is 9.53 Å². The van der Waals surface area contributed by atoms with Gasteiger partial charge in [0.05, 0.1) is 5.56 Å². The smallest absolute Gasteiger partial charge is 0.339 e. The molecule has 0 saturated heterocycles. The number of esters is 1. The van der Waals surface area contributed by atoms with Gasteiger partial charge in [-0.05, 0) is 38.8 Å². The van der Waals surface area contributed by atoms with Gasteiger partial charge in [-0.3, -0.25) is 0 Å². The standard InChI is InChI=1S/C14H13NO2/c1-14(2,3)17-13(16)12-9-5-4-7-11(12)8-6-10-15/h4-5,7,9H,1-3H3. The summed E-state index contributed by atoms with van der Waals surface area (Å²) in [6.07, 6.45) is 0. The highest BCUT2D eigenvalue weighted by molar-refractivity contribution is 5.92. The van der Waals surface area contributed by atoms with Gasteiger partial charge in [-0.25, -0.2) is 4.79 Å². The lowest BCUT2D eigenvalue weighted by molar-refractivity contribution is 0.00693. The number of carbonyl (C=O) groups is 1. The summed E-state index contributed by atoms with van der Waals surface area (Å²) in [4.78, 5) is 11.9. The van der Waals surface area contributed by atoms with Crippen molar-refractivity contribution in [2.24, 2.45) is 0 Å². The van der Waals surface area contributed by atoms with Crippen molar-refractivity contribution in [3.63, 3.8) is 0 Å². The van der Waals surface area contributed by atoms with Crippen LogP contribution in [0.5, 0.6) is 0 Å². The van der Waals surface area contributed by atoms with E-state index in [4.69, 9.17) is 10.00 Å². The molecule has 0 N–H and O–H groups in total. The molecule has 0 aliphatic heterocycles. The Labute approximate surface area is 101 Å². The Balaban J connectivity index is 3.06. The second-order valence-corrected chi connectivity index (χ2v) is 4.41. The molecule has 0 saturated carbocycles. The zero-order chi connectivity index (χ0) is 12.9. The molecule has 0 spiro atoms. The largest absolute Gasteiger partial charge is 0.456 e. The van der Waals surface area contributed by atoms with Crippen LogP contribution in [0.25, 0.3) is 0 Å². The molecule has 0 radical (unpaired) electrons. The van der Waals surface area contributed by atoms with Gasteiger partial charge in [0.15, 0.2) is 6.07 Å². The van der Waals surface area contributed by atoms with Crippen molar-refractivity contribution in [2.75, 3.05) is 0 Å². The highest BCUT2D eigenvalue weighted by atomic mass is 16.6. The zero-order valence-corrected chi connectivity index (χ0v) is 10.1. The van der Waals surface area contributed by atoms with Crippen molar-refractivity contribution >= 4 is 5.97 Å². The number of nitrogens with zero attached hydrogens (tertiary/aromatic N) is 1. The van der Waals surface area contributed by atoms with Gasteiger partial charge in [-0.2, -0.15) is 5.26 Å². The maximum Gasteiger partial charge on any atom is 0.339 e. The predicted octanol–water partition coefficient (Wildman–Crippen LogP) is 2.52. The van der Waals surface area contributed by atoms with Crippen LogP contribution in [-0.2, 0) is 4.74 Å². The Hall–Kier alpha value is -2.26. The highest BCUT2D eigenvalue weighted by Gasteiger charge is 2.19. The molecular weight excluding hydrogens is 214 g/mol. The minimum absolute atomic E-state index is 0.380. The van der Waals surface area contributed by atoms with Crippen molar-refractivity contribution in [3.05, 3.63) is 35.4 Å². The summed E-state index contributed by atoms with van der Waals surface area (Å²) in [7, 11) is 0. The summed E-state index contributed by atoms with van der Waals surface area (Å²) in [5, 5.41) is 8.40. The first kappa shape index (κ1) is 12.8. The normalized spacial score (nSPS) is 9.76. The molecule has 0 bridgehead atoms. The lowest BCUT2D eigenvalue weighted by Crippen LogP contribution is -2.24. The quantitative estimate of drug-likeness (QED) is 0.547. The van der Waals surface area contributed by atoms with E-state index in [0.717, 1.165) is 0 Å². The number of carbonyl (C=O) groups excluding carboxylic acids is 1. The van der Waals surface area contributed by atoms with Crippen molar-refractivity contribution in [3.8, 4) is 17.9 Å². The van der Waals surface area contributed by atoms with Crippen LogP contribution in [0, 0.1) is 23.2 Å². The molecule has 0 heterocycles. The highest BCUT2D eigenvalue weighted by Crippen LogP contribution is 2.14. The Morgan fingerprint density at radius 1 is 1.29 bits per heavy atom. The first-order chi connectivity index (χ1) is 7.94. The predicted molar refractivity (Wildman–Crippen MR) is 64.1 cm³/mol. The van der Waals surface area contributed by atoms with Gasteiger partial charge in [-0.1, -0.05) is 12.1 Å². The Morgan fingerprint density at radius 2 is 1.94 bits per heavy atom. The Kier molecular flexibility index (Phi) is 3.91. The third-order valence-corrected chi connectivity index (χ3v) is 1.80. The zero-order valence-electron chi connectivity index (χ0n) is 10.1. The van der Waals surface area contributed by atoms with Crippen LogP contribution in [0.3, 0.4) is 0 Å². The van der Waals surface area contributed by atoms with Crippen molar-refractivity contribution in [1.82, 2.24) is 0 Å². The lowest BCUT2D eigenvalue weighted by Gasteiger charge is -2.19. The first-order valence-corrected chi connectivity index (χ1v) is 5.16. The first-order valence-electron chi connectivity index (χ1n) is 5.16. The van der Waals surface area contributed by atoms with E-state index < -0.39 is 11.6 Å². The minimum atomic E-state index is -0.549. The molecule has 17 heavy (non-hydrogen) atoms. The van der Waals surface area contributed by atoms with Gasteiger partial charge < -0.3 is 4.74 Å². The fraction of sp³-hybridized carbons (Fsp3) is 0.286. The van der Waals surface area contributed by atoms with E-state index in [-0.39, 0.29) is 0 Å². The monoisotopic (exact) mass is 227 g/mol. The second kappa shape index (κ2) is 5.18. The van der Waals surface area contributed by atoms with Gasteiger partial charge in [0.2, 0.25) is 0 Å². The molecule has 0 amide bonds. The van der Waals surface area contributed by atoms with Crippen molar-refractivity contribution in [1.29, 1.82) is 5.26 Å². The molecule has 1 aromatic rings. The van der Waals surface area contributed by atoms with E-state index in [1.807, 2.05) is 0 Å². The maximum absolute atomic E-state index is 11.9. The number of ether oxygens (including phenoxy) is 1. The second-order valence-electron chi connectivity index (χ2n) is 4.41. The van der Waals surface area contributed by atoms with Crippen LogP contribution in [0.1, 0.15) is 36.7 Å². The van der Waals surface area contributed by atoms with Gasteiger partial charge in [-0.15, -0.1) is 0 Å². The molecule has 3 nitrogen and oxygen atoms in total. The van der Waals surface area contributed by atoms with Crippen LogP contribution >= 0.6 is 0 Å². The molecule has 0 aliphatic rings. The average molecular weight is 227 g/mol. The van der Waals surface area contributed by atoms with Crippen LogP contribution in [0.15, 0.2) is 24.3 Å². The fourth-order valence-electron chi connectivity index (χ4n) is 1.20.